The van der Waals surface area contributed by atoms with Gasteiger partial charge in [0, 0.05) is 13.1 Å². The number of carbonyl (C=O) groups excluding carboxylic acids is 1. The number of aliphatic carboxylic acids is 1. The number of hydrogen-bond acceptors (Lipinski definition) is 2. The van der Waals surface area contributed by atoms with Gasteiger partial charge in [0.05, 0.1) is 12.0 Å². The molecule has 128 valence electrons. The molecule has 0 saturated heterocycles. The van der Waals surface area contributed by atoms with E-state index in [4.69, 9.17) is 5.11 Å². The van der Waals surface area contributed by atoms with E-state index in [0.717, 1.165) is 12.1 Å². The molecule has 1 atom stereocenters. The Morgan fingerprint density at radius 2 is 1.87 bits per heavy atom. The number of carboxylic acids is 1. The number of urea groups is 1. The number of amides is 2. The van der Waals surface area contributed by atoms with Crippen LogP contribution in [0.3, 0.4) is 0 Å². The van der Waals surface area contributed by atoms with Crippen LogP contribution in [-0.2, 0) is 11.0 Å². The van der Waals surface area contributed by atoms with E-state index in [2.05, 4.69) is 10.6 Å². The Hall–Kier alpha value is -2.25. The van der Waals surface area contributed by atoms with Gasteiger partial charge < -0.3 is 15.7 Å². The van der Waals surface area contributed by atoms with Crippen molar-refractivity contribution in [3.8, 4) is 0 Å². The molecule has 5 nitrogen and oxygen atoms in total. The molecule has 3 N–H and O–H groups in total. The van der Waals surface area contributed by atoms with Crippen molar-refractivity contribution in [3.63, 3.8) is 0 Å². The van der Waals surface area contributed by atoms with Crippen molar-refractivity contribution in [1.82, 2.24) is 10.6 Å². The maximum atomic E-state index is 12.7. The van der Waals surface area contributed by atoms with Crippen LogP contribution in [0.1, 0.15) is 36.8 Å². The first-order chi connectivity index (χ1) is 10.7. The maximum Gasteiger partial charge on any atom is 0.416 e. The Bertz CT molecular complexity index is 547. The van der Waals surface area contributed by atoms with Crippen LogP contribution in [0.15, 0.2) is 24.3 Å². The van der Waals surface area contributed by atoms with Crippen LogP contribution in [0.25, 0.3) is 0 Å². The third-order valence-electron chi connectivity index (χ3n) is 3.27. The lowest BCUT2D eigenvalue weighted by Gasteiger charge is -2.15. The van der Waals surface area contributed by atoms with Gasteiger partial charge in [-0.1, -0.05) is 25.1 Å². The lowest BCUT2D eigenvalue weighted by Crippen LogP contribution is -2.37. The predicted molar refractivity (Wildman–Crippen MR) is 78.1 cm³/mol. The Kier molecular flexibility index (Phi) is 6.87. The van der Waals surface area contributed by atoms with E-state index in [9.17, 15) is 22.8 Å². The molecule has 0 saturated carbocycles. The Labute approximate surface area is 131 Å². The molecule has 2 amide bonds. The van der Waals surface area contributed by atoms with E-state index in [0.29, 0.717) is 12.0 Å². The smallest absolute Gasteiger partial charge is 0.416 e. The first-order valence-electron chi connectivity index (χ1n) is 7.11. The molecular formula is C15H19F3N2O3. The molecule has 0 bridgehead atoms. The van der Waals surface area contributed by atoms with Crippen LogP contribution in [0.4, 0.5) is 18.0 Å². The fourth-order valence-electron chi connectivity index (χ4n) is 1.94. The maximum absolute atomic E-state index is 12.7. The normalized spacial score (nSPS) is 12.5. The molecule has 23 heavy (non-hydrogen) atoms. The highest BCUT2D eigenvalue weighted by Crippen LogP contribution is 2.31. The Morgan fingerprint density at radius 1 is 1.22 bits per heavy atom. The van der Waals surface area contributed by atoms with Gasteiger partial charge in [0.15, 0.2) is 0 Å². The fourth-order valence-corrected chi connectivity index (χ4v) is 1.94. The van der Waals surface area contributed by atoms with Gasteiger partial charge in [0.25, 0.3) is 0 Å². The van der Waals surface area contributed by atoms with Gasteiger partial charge in [-0.15, -0.1) is 0 Å². The highest BCUT2D eigenvalue weighted by Gasteiger charge is 2.30. The van der Waals surface area contributed by atoms with Crippen molar-refractivity contribution in [1.29, 1.82) is 0 Å². The first-order valence-corrected chi connectivity index (χ1v) is 7.11. The number of rotatable bonds is 7. The summed E-state index contributed by atoms with van der Waals surface area (Å²) in [7, 11) is 0. The number of alkyl halides is 3. The topological polar surface area (TPSA) is 78.4 Å². The summed E-state index contributed by atoms with van der Waals surface area (Å²) in [5, 5.41) is 13.3. The van der Waals surface area contributed by atoms with Crippen LogP contribution < -0.4 is 10.6 Å². The summed E-state index contributed by atoms with van der Waals surface area (Å²) in [6.45, 7) is 2.07. The quantitative estimate of drug-likeness (QED) is 0.718. The van der Waals surface area contributed by atoms with E-state index >= 15 is 0 Å². The molecule has 0 spiro atoms. The second kappa shape index (κ2) is 8.40. The molecule has 1 aromatic carbocycles. The predicted octanol–water partition coefficient (Wildman–Crippen LogP) is 2.97. The largest absolute Gasteiger partial charge is 0.481 e. The molecule has 0 aliphatic rings. The number of carboxylic acid groups (broad SMARTS) is 1. The van der Waals surface area contributed by atoms with Gasteiger partial charge in [-0.2, -0.15) is 13.2 Å². The number of nitrogens with one attached hydrogen (secondary N) is 2. The molecule has 0 aliphatic heterocycles. The van der Waals surface area contributed by atoms with Crippen LogP contribution in [0.5, 0.6) is 0 Å². The standard InChI is InChI=1S/C15H19F3N2O3/c1-10(5-7-19-14(23)20-8-6-13(21)22)11-3-2-4-12(9-11)15(16,17)18/h2-4,9-10H,5-8H2,1H3,(H,21,22)(H2,19,20,23). The Balaban J connectivity index is 2.41. The van der Waals surface area contributed by atoms with E-state index in [1.165, 1.54) is 6.07 Å². The zero-order valence-electron chi connectivity index (χ0n) is 12.6. The summed E-state index contributed by atoms with van der Waals surface area (Å²) in [6, 6.07) is 4.61. The molecule has 0 heterocycles. The van der Waals surface area contributed by atoms with E-state index in [1.54, 1.807) is 13.0 Å². The molecule has 1 aromatic rings. The second-order valence-electron chi connectivity index (χ2n) is 5.14. The molecule has 0 aromatic heterocycles. The molecule has 1 rings (SSSR count). The van der Waals surface area contributed by atoms with Gasteiger partial charge in [-0.3, -0.25) is 4.79 Å². The number of hydrogen-bond donors (Lipinski definition) is 3. The van der Waals surface area contributed by atoms with E-state index < -0.39 is 23.7 Å². The lowest BCUT2D eigenvalue weighted by atomic mass is 9.96. The highest BCUT2D eigenvalue weighted by molar-refractivity contribution is 5.74. The van der Waals surface area contributed by atoms with Crippen molar-refractivity contribution in [2.45, 2.75) is 31.9 Å². The van der Waals surface area contributed by atoms with Crippen LogP contribution in [-0.4, -0.2) is 30.2 Å². The van der Waals surface area contributed by atoms with Crippen molar-refractivity contribution in [2.75, 3.05) is 13.1 Å². The summed E-state index contributed by atoms with van der Waals surface area (Å²) in [5.74, 6) is -1.17. The average Bonchev–Trinajstić information content (AvgIpc) is 2.46. The molecule has 0 fully saturated rings. The van der Waals surface area contributed by atoms with Crippen molar-refractivity contribution in [3.05, 3.63) is 35.4 Å². The summed E-state index contributed by atoms with van der Waals surface area (Å²) >= 11 is 0. The third kappa shape index (κ3) is 7.03. The number of halogens is 3. The molecular weight excluding hydrogens is 313 g/mol. The third-order valence-corrected chi connectivity index (χ3v) is 3.27. The van der Waals surface area contributed by atoms with Gasteiger partial charge >= 0.3 is 18.2 Å². The monoisotopic (exact) mass is 332 g/mol. The second-order valence-corrected chi connectivity index (χ2v) is 5.14. The van der Waals surface area contributed by atoms with Crippen LogP contribution in [0.2, 0.25) is 0 Å². The Morgan fingerprint density at radius 3 is 2.48 bits per heavy atom. The minimum atomic E-state index is -4.38. The molecule has 0 aliphatic carbocycles. The van der Waals surface area contributed by atoms with Crippen molar-refractivity contribution >= 4 is 12.0 Å². The van der Waals surface area contributed by atoms with Crippen LogP contribution in [0, 0.1) is 0 Å². The first kappa shape index (κ1) is 18.8. The summed E-state index contributed by atoms with van der Waals surface area (Å²) in [6.07, 6.45) is -4.08. The SMILES string of the molecule is CC(CCNC(=O)NCCC(=O)O)c1cccc(C(F)(F)F)c1. The highest BCUT2D eigenvalue weighted by atomic mass is 19.4. The number of carbonyl (C=O) groups is 2. The van der Waals surface area contributed by atoms with Gasteiger partial charge in [-0.25, -0.2) is 4.79 Å². The van der Waals surface area contributed by atoms with Crippen LogP contribution >= 0.6 is 0 Å². The molecule has 8 heteroatoms. The minimum Gasteiger partial charge on any atom is -0.481 e. The van der Waals surface area contributed by atoms with Crippen molar-refractivity contribution in [2.24, 2.45) is 0 Å². The molecule has 0 radical (unpaired) electrons. The summed E-state index contributed by atoms with van der Waals surface area (Å²) in [4.78, 5) is 21.7. The molecule has 1 unspecified atom stereocenters. The van der Waals surface area contributed by atoms with E-state index in [-0.39, 0.29) is 25.4 Å². The van der Waals surface area contributed by atoms with Gasteiger partial charge in [0.1, 0.15) is 0 Å². The minimum absolute atomic E-state index is 0.0182. The number of benzene rings is 1. The van der Waals surface area contributed by atoms with Gasteiger partial charge in [-0.05, 0) is 24.0 Å². The fraction of sp³-hybridized carbons (Fsp3) is 0.467. The zero-order valence-corrected chi connectivity index (χ0v) is 12.6. The summed E-state index contributed by atoms with van der Waals surface area (Å²) < 4.78 is 38.0. The lowest BCUT2D eigenvalue weighted by molar-refractivity contribution is -0.138. The average molecular weight is 332 g/mol. The summed E-state index contributed by atoms with van der Waals surface area (Å²) in [5.41, 5.74) is -0.144. The zero-order chi connectivity index (χ0) is 17.5. The van der Waals surface area contributed by atoms with Crippen molar-refractivity contribution < 1.29 is 27.9 Å². The van der Waals surface area contributed by atoms with Gasteiger partial charge in [0.2, 0.25) is 0 Å². The van der Waals surface area contributed by atoms with E-state index in [1.807, 2.05) is 0 Å².